The second-order valence-corrected chi connectivity index (χ2v) is 4.64. The van der Waals surface area contributed by atoms with Gasteiger partial charge in [-0.1, -0.05) is 12.2 Å². The molecule has 0 aliphatic rings. The van der Waals surface area contributed by atoms with E-state index >= 15 is 0 Å². The van der Waals surface area contributed by atoms with Crippen LogP contribution in [0.2, 0.25) is 0 Å². The van der Waals surface area contributed by atoms with Gasteiger partial charge >= 0.3 is 0 Å². The molecule has 94 valence electrons. The molecule has 5 heteroatoms. The van der Waals surface area contributed by atoms with Gasteiger partial charge in [-0.25, -0.2) is 0 Å². The molecule has 0 fully saturated rings. The first kappa shape index (κ1) is 14.0. The quantitative estimate of drug-likeness (QED) is 0.738. The third kappa shape index (κ3) is 4.38. The third-order valence-electron chi connectivity index (χ3n) is 2.58. The summed E-state index contributed by atoms with van der Waals surface area (Å²) in [6, 6.07) is 4.22. The molecule has 0 amide bonds. The first-order valence-corrected chi connectivity index (χ1v) is 6.05. The lowest BCUT2D eigenvalue weighted by Gasteiger charge is -2.25. The van der Waals surface area contributed by atoms with E-state index in [1.807, 2.05) is 12.1 Å². The van der Waals surface area contributed by atoms with E-state index in [1.165, 1.54) is 0 Å². The molecule has 4 nitrogen and oxygen atoms in total. The predicted molar refractivity (Wildman–Crippen MR) is 72.8 cm³/mol. The Balaban J connectivity index is 2.78. The number of hydrogen-bond donors (Lipinski definition) is 2. The van der Waals surface area contributed by atoms with E-state index in [0.29, 0.717) is 23.3 Å². The Hall–Kier alpha value is -1.04. The standard InChI is InChI=1S/C12H19N3OS/c1-9(2)15(5-6-16)8-10-3-4-14-11(7-10)12(13)17/h3-4,7,9,16H,5-6,8H2,1-2H3,(H2,13,17). The summed E-state index contributed by atoms with van der Waals surface area (Å²) in [6.07, 6.45) is 1.71. The van der Waals surface area contributed by atoms with E-state index in [2.05, 4.69) is 23.7 Å². The largest absolute Gasteiger partial charge is 0.395 e. The lowest BCUT2D eigenvalue weighted by molar-refractivity contribution is 0.159. The monoisotopic (exact) mass is 253 g/mol. The van der Waals surface area contributed by atoms with Crippen molar-refractivity contribution in [1.82, 2.24) is 9.88 Å². The second-order valence-electron chi connectivity index (χ2n) is 4.20. The van der Waals surface area contributed by atoms with Crippen molar-refractivity contribution in [2.45, 2.75) is 26.4 Å². The van der Waals surface area contributed by atoms with Gasteiger partial charge < -0.3 is 10.8 Å². The molecule has 0 radical (unpaired) electrons. The van der Waals surface area contributed by atoms with Crippen molar-refractivity contribution in [1.29, 1.82) is 0 Å². The Morgan fingerprint density at radius 2 is 2.29 bits per heavy atom. The lowest BCUT2D eigenvalue weighted by atomic mass is 10.2. The van der Waals surface area contributed by atoms with Gasteiger partial charge in [-0.3, -0.25) is 9.88 Å². The van der Waals surface area contributed by atoms with Gasteiger partial charge in [-0.05, 0) is 31.5 Å². The number of pyridine rings is 1. The van der Waals surface area contributed by atoms with Gasteiger partial charge in [0.2, 0.25) is 0 Å². The van der Waals surface area contributed by atoms with Gasteiger partial charge in [0.1, 0.15) is 4.99 Å². The molecule has 0 unspecified atom stereocenters. The van der Waals surface area contributed by atoms with Crippen molar-refractivity contribution < 1.29 is 5.11 Å². The highest BCUT2D eigenvalue weighted by atomic mass is 32.1. The normalized spacial score (nSPS) is 11.1. The third-order valence-corrected chi connectivity index (χ3v) is 2.79. The van der Waals surface area contributed by atoms with Gasteiger partial charge in [0.25, 0.3) is 0 Å². The first-order chi connectivity index (χ1) is 8.04. The van der Waals surface area contributed by atoms with Crippen molar-refractivity contribution in [3.63, 3.8) is 0 Å². The Morgan fingerprint density at radius 3 is 2.82 bits per heavy atom. The van der Waals surface area contributed by atoms with Gasteiger partial charge in [0.05, 0.1) is 12.3 Å². The van der Waals surface area contributed by atoms with Crippen LogP contribution in [0.25, 0.3) is 0 Å². The molecule has 0 bridgehead atoms. The Labute approximate surface area is 107 Å². The van der Waals surface area contributed by atoms with Crippen LogP contribution in [0.3, 0.4) is 0 Å². The van der Waals surface area contributed by atoms with Crippen molar-refractivity contribution in [3.8, 4) is 0 Å². The molecule has 1 aromatic heterocycles. The summed E-state index contributed by atoms with van der Waals surface area (Å²) in [4.78, 5) is 6.59. The van der Waals surface area contributed by atoms with Gasteiger partial charge in [-0.15, -0.1) is 0 Å². The van der Waals surface area contributed by atoms with Crippen molar-refractivity contribution in [2.75, 3.05) is 13.2 Å². The summed E-state index contributed by atoms with van der Waals surface area (Å²) in [6.45, 7) is 5.78. The minimum absolute atomic E-state index is 0.158. The number of aliphatic hydroxyl groups is 1. The summed E-state index contributed by atoms with van der Waals surface area (Å²) >= 11 is 4.90. The summed E-state index contributed by atoms with van der Waals surface area (Å²) in [5, 5.41) is 9.01. The highest BCUT2D eigenvalue weighted by Gasteiger charge is 2.10. The maximum Gasteiger partial charge on any atom is 0.122 e. The van der Waals surface area contributed by atoms with Crippen LogP contribution in [0, 0.1) is 0 Å². The van der Waals surface area contributed by atoms with Crippen LogP contribution in [-0.2, 0) is 6.54 Å². The Morgan fingerprint density at radius 1 is 1.59 bits per heavy atom. The number of aliphatic hydroxyl groups excluding tert-OH is 1. The fraction of sp³-hybridized carbons (Fsp3) is 0.500. The number of rotatable bonds is 6. The number of aromatic nitrogens is 1. The van der Waals surface area contributed by atoms with Crippen LogP contribution in [0.15, 0.2) is 18.3 Å². The molecule has 0 aliphatic carbocycles. The molecule has 17 heavy (non-hydrogen) atoms. The second kappa shape index (κ2) is 6.64. The summed E-state index contributed by atoms with van der Waals surface area (Å²) < 4.78 is 0. The molecule has 0 aliphatic heterocycles. The zero-order chi connectivity index (χ0) is 12.8. The SMILES string of the molecule is CC(C)N(CCO)Cc1ccnc(C(N)=S)c1. The van der Waals surface area contributed by atoms with Gasteiger partial charge in [-0.2, -0.15) is 0 Å². The van der Waals surface area contributed by atoms with Crippen molar-refractivity contribution in [2.24, 2.45) is 5.73 Å². The van der Waals surface area contributed by atoms with Crippen LogP contribution >= 0.6 is 12.2 Å². The van der Waals surface area contributed by atoms with E-state index in [0.717, 1.165) is 12.1 Å². The van der Waals surface area contributed by atoms with E-state index in [4.69, 9.17) is 23.1 Å². The van der Waals surface area contributed by atoms with Crippen molar-refractivity contribution in [3.05, 3.63) is 29.6 Å². The molecule has 0 atom stereocenters. The van der Waals surface area contributed by atoms with Crippen LogP contribution in [0.1, 0.15) is 25.1 Å². The van der Waals surface area contributed by atoms with E-state index in [9.17, 15) is 0 Å². The fourth-order valence-corrected chi connectivity index (χ4v) is 1.70. The minimum Gasteiger partial charge on any atom is -0.395 e. The highest BCUT2D eigenvalue weighted by molar-refractivity contribution is 7.80. The first-order valence-electron chi connectivity index (χ1n) is 5.64. The maximum absolute atomic E-state index is 9.01. The molecule has 0 aromatic carbocycles. The highest BCUT2D eigenvalue weighted by Crippen LogP contribution is 2.08. The summed E-state index contributed by atoms with van der Waals surface area (Å²) in [5.74, 6) is 0. The molecular weight excluding hydrogens is 234 g/mol. The van der Waals surface area contributed by atoms with Gasteiger partial charge in [0.15, 0.2) is 0 Å². The topological polar surface area (TPSA) is 62.4 Å². The molecule has 0 saturated heterocycles. The zero-order valence-electron chi connectivity index (χ0n) is 10.3. The summed E-state index contributed by atoms with van der Waals surface area (Å²) in [5.41, 5.74) is 7.29. The molecular formula is C12H19N3OS. The van der Waals surface area contributed by atoms with E-state index in [1.54, 1.807) is 6.20 Å². The van der Waals surface area contributed by atoms with Crippen LogP contribution in [0.4, 0.5) is 0 Å². The fourth-order valence-electron chi connectivity index (χ4n) is 1.59. The maximum atomic E-state index is 9.01. The molecule has 1 aromatic rings. The van der Waals surface area contributed by atoms with E-state index in [-0.39, 0.29) is 6.61 Å². The van der Waals surface area contributed by atoms with Gasteiger partial charge in [0, 0.05) is 25.3 Å². The molecule has 1 heterocycles. The van der Waals surface area contributed by atoms with Crippen LogP contribution < -0.4 is 5.73 Å². The minimum atomic E-state index is 0.158. The molecule has 3 N–H and O–H groups in total. The number of nitrogens with two attached hydrogens (primary N) is 1. The Kier molecular flexibility index (Phi) is 5.47. The molecule has 0 spiro atoms. The van der Waals surface area contributed by atoms with Crippen molar-refractivity contribution >= 4 is 17.2 Å². The Bertz CT molecular complexity index is 382. The van der Waals surface area contributed by atoms with Crippen LogP contribution in [0.5, 0.6) is 0 Å². The molecule has 1 rings (SSSR count). The number of hydrogen-bond acceptors (Lipinski definition) is 4. The average Bonchev–Trinajstić information content (AvgIpc) is 2.28. The zero-order valence-corrected chi connectivity index (χ0v) is 11.1. The smallest absolute Gasteiger partial charge is 0.122 e. The predicted octanol–water partition coefficient (Wildman–Crippen LogP) is 0.919. The molecule has 0 saturated carbocycles. The average molecular weight is 253 g/mol. The van der Waals surface area contributed by atoms with E-state index < -0.39 is 0 Å². The lowest BCUT2D eigenvalue weighted by Crippen LogP contribution is -2.33. The number of nitrogens with zero attached hydrogens (tertiary/aromatic N) is 2. The summed E-state index contributed by atoms with van der Waals surface area (Å²) in [7, 11) is 0. The van der Waals surface area contributed by atoms with Crippen LogP contribution in [-0.4, -0.2) is 39.2 Å². The number of thiocarbonyl (C=S) groups is 1.